The van der Waals surface area contributed by atoms with E-state index in [1.54, 1.807) is 6.92 Å². The minimum absolute atomic E-state index is 0.00459. The van der Waals surface area contributed by atoms with Gasteiger partial charge in [0.1, 0.15) is 5.57 Å². The molecule has 0 atom stereocenters. The zero-order chi connectivity index (χ0) is 20.6. The summed E-state index contributed by atoms with van der Waals surface area (Å²) in [5.74, 6) is -1.85. The molecule has 0 aliphatic carbocycles. The van der Waals surface area contributed by atoms with Crippen LogP contribution in [0.4, 0.5) is 16.2 Å². The summed E-state index contributed by atoms with van der Waals surface area (Å²) in [7, 11) is 0. The quantitative estimate of drug-likeness (QED) is 0.351. The lowest BCUT2D eigenvalue weighted by molar-refractivity contribution is -0.385. The number of amides is 4. The van der Waals surface area contributed by atoms with E-state index in [9.17, 15) is 24.5 Å². The number of imide groups is 2. The third-order valence-electron chi connectivity index (χ3n) is 4.01. The highest BCUT2D eigenvalue weighted by Gasteiger charge is 2.38. The van der Waals surface area contributed by atoms with Crippen LogP contribution in [0.1, 0.15) is 11.1 Å². The predicted molar refractivity (Wildman–Crippen MR) is 103 cm³/mol. The molecular weight excluding hydrogens is 409 g/mol. The third-order valence-corrected chi connectivity index (χ3v) is 4.82. The first-order valence-corrected chi connectivity index (χ1v) is 8.57. The molecule has 1 aliphatic heterocycles. The lowest BCUT2D eigenvalue weighted by Gasteiger charge is -2.27. The second-order valence-corrected chi connectivity index (χ2v) is 6.62. The zero-order valence-electron chi connectivity index (χ0n) is 14.2. The average molecular weight is 420 g/mol. The summed E-state index contributed by atoms with van der Waals surface area (Å²) < 4.78 is 0. The fourth-order valence-corrected chi connectivity index (χ4v) is 3.00. The Balaban J connectivity index is 2.08. The molecule has 3 rings (SSSR count). The van der Waals surface area contributed by atoms with E-state index in [1.807, 2.05) is 5.32 Å². The number of rotatable bonds is 3. The Kier molecular flexibility index (Phi) is 5.17. The molecule has 0 aromatic heterocycles. The molecule has 0 saturated carbocycles. The van der Waals surface area contributed by atoms with Gasteiger partial charge in [-0.05, 0) is 30.7 Å². The van der Waals surface area contributed by atoms with Crippen LogP contribution in [0.5, 0.6) is 0 Å². The summed E-state index contributed by atoms with van der Waals surface area (Å²) in [6.07, 6.45) is 1.17. The number of carbonyl (C=O) groups is 3. The lowest BCUT2D eigenvalue weighted by Crippen LogP contribution is -2.54. The van der Waals surface area contributed by atoms with Gasteiger partial charge >= 0.3 is 6.03 Å². The van der Waals surface area contributed by atoms with Crippen molar-refractivity contribution < 1.29 is 19.3 Å². The van der Waals surface area contributed by atoms with Crippen molar-refractivity contribution in [3.63, 3.8) is 0 Å². The predicted octanol–water partition coefficient (Wildman–Crippen LogP) is 3.88. The first-order valence-electron chi connectivity index (χ1n) is 7.81. The molecule has 10 heteroatoms. The van der Waals surface area contributed by atoms with Gasteiger partial charge in [-0.1, -0.05) is 41.4 Å². The maximum atomic E-state index is 12.8. The van der Waals surface area contributed by atoms with E-state index in [0.717, 1.165) is 0 Å². The summed E-state index contributed by atoms with van der Waals surface area (Å²) in [5.41, 5.74) is 0.138. The molecule has 28 heavy (non-hydrogen) atoms. The number of nitrogens with zero attached hydrogens (tertiary/aromatic N) is 2. The van der Waals surface area contributed by atoms with Gasteiger partial charge < -0.3 is 0 Å². The van der Waals surface area contributed by atoms with Crippen molar-refractivity contribution in [1.29, 1.82) is 0 Å². The normalized spacial score (nSPS) is 15.8. The van der Waals surface area contributed by atoms with Crippen LogP contribution in [0.25, 0.3) is 6.08 Å². The van der Waals surface area contributed by atoms with Gasteiger partial charge in [0.15, 0.2) is 0 Å². The standard InChI is InChI=1S/C18H11Cl2N3O5/c1-9-5-6-10(8-14(9)23(27)28)7-11-16(24)21-18(26)22(17(11)25)13-4-2-3-12(19)15(13)20/h2-8H,1H3,(H,21,24,26). The fraction of sp³-hybridized carbons (Fsp3) is 0.0556. The van der Waals surface area contributed by atoms with Gasteiger partial charge in [-0.25, -0.2) is 9.69 Å². The van der Waals surface area contributed by atoms with Gasteiger partial charge in [0.2, 0.25) is 0 Å². The molecular formula is C18H11Cl2N3O5. The van der Waals surface area contributed by atoms with E-state index in [0.29, 0.717) is 10.5 Å². The molecule has 2 aromatic rings. The highest BCUT2D eigenvalue weighted by molar-refractivity contribution is 6.46. The van der Waals surface area contributed by atoms with Crippen molar-refractivity contribution in [2.45, 2.75) is 6.92 Å². The molecule has 8 nitrogen and oxygen atoms in total. The number of nitro groups is 1. The molecule has 1 aliphatic rings. The largest absolute Gasteiger partial charge is 0.336 e. The van der Waals surface area contributed by atoms with Crippen molar-refractivity contribution in [2.75, 3.05) is 4.90 Å². The smallest absolute Gasteiger partial charge is 0.273 e. The van der Waals surface area contributed by atoms with E-state index >= 15 is 0 Å². The second-order valence-electron chi connectivity index (χ2n) is 5.83. The first kappa shape index (κ1) is 19.5. The molecule has 2 aromatic carbocycles. The highest BCUT2D eigenvalue weighted by atomic mass is 35.5. The molecule has 4 amide bonds. The minimum atomic E-state index is -0.980. The third kappa shape index (κ3) is 3.47. The molecule has 1 N–H and O–H groups in total. The second kappa shape index (κ2) is 7.41. The number of halogens is 2. The molecule has 1 heterocycles. The summed E-state index contributed by atoms with van der Waals surface area (Å²) in [4.78, 5) is 48.5. The zero-order valence-corrected chi connectivity index (χ0v) is 15.7. The molecule has 0 bridgehead atoms. The monoisotopic (exact) mass is 419 g/mol. The van der Waals surface area contributed by atoms with Crippen LogP contribution in [-0.2, 0) is 9.59 Å². The number of hydrogen-bond acceptors (Lipinski definition) is 5. The van der Waals surface area contributed by atoms with Gasteiger partial charge in [0, 0.05) is 11.6 Å². The number of barbiturate groups is 1. The van der Waals surface area contributed by atoms with Crippen LogP contribution in [0.15, 0.2) is 42.0 Å². The van der Waals surface area contributed by atoms with Gasteiger partial charge in [0.05, 0.1) is 20.7 Å². The SMILES string of the molecule is Cc1ccc(C=C2C(=O)NC(=O)N(c3cccc(Cl)c3Cl)C2=O)cc1[N+](=O)[O-]. The number of benzene rings is 2. The minimum Gasteiger partial charge on any atom is -0.273 e. The maximum Gasteiger partial charge on any atom is 0.336 e. The maximum absolute atomic E-state index is 12.8. The van der Waals surface area contributed by atoms with Gasteiger partial charge in [-0.2, -0.15) is 0 Å². The van der Waals surface area contributed by atoms with Crippen LogP contribution in [0, 0.1) is 17.0 Å². The van der Waals surface area contributed by atoms with Crippen molar-refractivity contribution in [3.05, 3.63) is 73.3 Å². The summed E-state index contributed by atoms with van der Waals surface area (Å²) in [6.45, 7) is 1.56. The van der Waals surface area contributed by atoms with Crippen LogP contribution < -0.4 is 10.2 Å². The Morgan fingerprint density at radius 3 is 2.54 bits per heavy atom. The van der Waals surface area contributed by atoms with Crippen molar-refractivity contribution >= 4 is 58.5 Å². The molecule has 0 unspecified atom stereocenters. The number of anilines is 1. The van der Waals surface area contributed by atoms with Crippen LogP contribution in [0.2, 0.25) is 10.0 Å². The summed E-state index contributed by atoms with van der Waals surface area (Å²) >= 11 is 12.0. The summed E-state index contributed by atoms with van der Waals surface area (Å²) in [6, 6.07) is 7.63. The van der Waals surface area contributed by atoms with E-state index < -0.39 is 22.8 Å². The lowest BCUT2D eigenvalue weighted by atomic mass is 10.0. The van der Waals surface area contributed by atoms with Crippen LogP contribution in [-0.4, -0.2) is 22.8 Å². The molecule has 1 saturated heterocycles. The molecule has 1 fully saturated rings. The Morgan fingerprint density at radius 2 is 1.86 bits per heavy atom. The van der Waals surface area contributed by atoms with Crippen molar-refractivity contribution in [3.8, 4) is 0 Å². The number of aryl methyl sites for hydroxylation is 1. The number of nitrogens with one attached hydrogen (secondary N) is 1. The van der Waals surface area contributed by atoms with E-state index in [1.165, 1.54) is 42.5 Å². The number of urea groups is 1. The number of carbonyl (C=O) groups excluding carboxylic acids is 3. The van der Waals surface area contributed by atoms with Crippen LogP contribution in [0.3, 0.4) is 0 Å². The van der Waals surface area contributed by atoms with E-state index in [4.69, 9.17) is 23.2 Å². The van der Waals surface area contributed by atoms with Gasteiger partial charge in [-0.3, -0.25) is 25.0 Å². The molecule has 0 radical (unpaired) electrons. The van der Waals surface area contributed by atoms with Crippen molar-refractivity contribution in [2.24, 2.45) is 0 Å². The Labute approximate surface area is 168 Å². The Morgan fingerprint density at radius 1 is 1.14 bits per heavy atom. The van der Waals surface area contributed by atoms with E-state index in [2.05, 4.69) is 0 Å². The molecule has 0 spiro atoms. The van der Waals surface area contributed by atoms with Gasteiger partial charge in [-0.15, -0.1) is 0 Å². The number of hydrogen-bond donors (Lipinski definition) is 1. The van der Waals surface area contributed by atoms with E-state index in [-0.39, 0.29) is 32.6 Å². The highest BCUT2D eigenvalue weighted by Crippen LogP contribution is 2.34. The summed E-state index contributed by atoms with van der Waals surface area (Å²) in [5, 5.41) is 13.2. The first-order chi connectivity index (χ1) is 13.2. The van der Waals surface area contributed by atoms with Gasteiger partial charge in [0.25, 0.3) is 17.5 Å². The topological polar surface area (TPSA) is 110 Å². The molecule has 142 valence electrons. The average Bonchev–Trinajstić information content (AvgIpc) is 2.63. The Hall–Kier alpha value is -3.23. The Bertz CT molecular complexity index is 1080. The fourth-order valence-electron chi connectivity index (χ4n) is 2.62. The number of nitro benzene ring substituents is 1. The van der Waals surface area contributed by atoms with Crippen molar-refractivity contribution in [1.82, 2.24) is 5.32 Å². The van der Waals surface area contributed by atoms with Crippen LogP contribution >= 0.6 is 23.2 Å².